The van der Waals surface area contributed by atoms with Gasteiger partial charge in [0.25, 0.3) is 0 Å². The largest absolute Gasteiger partial charge is 0.398 e. The first kappa shape index (κ1) is 13.3. The molecule has 0 aliphatic carbocycles. The standard InChI is InChI=1S/C10H15F3N2S/c11-10(12,13)4-1-2-5-15-7-9-8(14)3-6-16-9/h3,6,15H,1-2,4-5,7,14H2. The first-order valence-electron chi connectivity index (χ1n) is 5.08. The van der Waals surface area contributed by atoms with Gasteiger partial charge < -0.3 is 11.1 Å². The van der Waals surface area contributed by atoms with Gasteiger partial charge in [-0.3, -0.25) is 0 Å². The Morgan fingerprint density at radius 3 is 2.62 bits per heavy atom. The third kappa shape index (κ3) is 5.37. The van der Waals surface area contributed by atoms with E-state index in [1.165, 1.54) is 0 Å². The summed E-state index contributed by atoms with van der Waals surface area (Å²) in [5.74, 6) is 0. The van der Waals surface area contributed by atoms with E-state index in [1.807, 2.05) is 11.4 Å². The van der Waals surface area contributed by atoms with Crippen LogP contribution in [0.3, 0.4) is 0 Å². The predicted octanol–water partition coefficient (Wildman–Crippen LogP) is 3.15. The molecule has 0 aliphatic rings. The van der Waals surface area contributed by atoms with Crippen LogP contribution >= 0.6 is 11.3 Å². The van der Waals surface area contributed by atoms with Crippen LogP contribution in [0.4, 0.5) is 18.9 Å². The Balaban J connectivity index is 2.03. The molecular weight excluding hydrogens is 237 g/mol. The van der Waals surface area contributed by atoms with Crippen LogP contribution in [0.5, 0.6) is 0 Å². The van der Waals surface area contributed by atoms with Crippen molar-refractivity contribution >= 4 is 17.0 Å². The zero-order chi connectivity index (χ0) is 12.0. The Morgan fingerprint density at radius 2 is 2.06 bits per heavy atom. The fraction of sp³-hybridized carbons (Fsp3) is 0.600. The number of nitrogen functional groups attached to an aromatic ring is 1. The average Bonchev–Trinajstić information content (AvgIpc) is 2.56. The highest BCUT2D eigenvalue weighted by atomic mass is 32.1. The van der Waals surface area contributed by atoms with Crippen molar-refractivity contribution in [1.29, 1.82) is 0 Å². The van der Waals surface area contributed by atoms with Crippen LogP contribution in [0.15, 0.2) is 11.4 Å². The van der Waals surface area contributed by atoms with Gasteiger partial charge >= 0.3 is 6.18 Å². The van der Waals surface area contributed by atoms with E-state index in [9.17, 15) is 13.2 Å². The summed E-state index contributed by atoms with van der Waals surface area (Å²) in [7, 11) is 0. The van der Waals surface area contributed by atoms with Crippen molar-refractivity contribution in [3.63, 3.8) is 0 Å². The fourth-order valence-corrected chi connectivity index (χ4v) is 2.04. The minimum atomic E-state index is -4.03. The fourth-order valence-electron chi connectivity index (χ4n) is 1.27. The molecule has 0 spiro atoms. The van der Waals surface area contributed by atoms with Gasteiger partial charge in [0.05, 0.1) is 0 Å². The van der Waals surface area contributed by atoms with E-state index in [0.717, 1.165) is 10.6 Å². The molecule has 1 heterocycles. The highest BCUT2D eigenvalue weighted by Crippen LogP contribution is 2.22. The Labute approximate surface area is 96.6 Å². The van der Waals surface area contributed by atoms with Crippen molar-refractivity contribution in [2.45, 2.75) is 32.0 Å². The maximum absolute atomic E-state index is 11.8. The maximum atomic E-state index is 11.8. The van der Waals surface area contributed by atoms with E-state index in [2.05, 4.69) is 5.32 Å². The second-order valence-corrected chi connectivity index (χ2v) is 4.55. The lowest BCUT2D eigenvalue weighted by Crippen LogP contribution is -2.15. The van der Waals surface area contributed by atoms with Crippen molar-refractivity contribution < 1.29 is 13.2 Å². The van der Waals surface area contributed by atoms with Crippen LogP contribution in [-0.4, -0.2) is 12.7 Å². The summed E-state index contributed by atoms with van der Waals surface area (Å²) in [6.07, 6.45) is -4.02. The van der Waals surface area contributed by atoms with Gasteiger partial charge in [0.1, 0.15) is 0 Å². The van der Waals surface area contributed by atoms with Gasteiger partial charge in [0, 0.05) is 23.5 Å². The van der Waals surface area contributed by atoms with E-state index in [4.69, 9.17) is 5.73 Å². The molecule has 0 saturated heterocycles. The second-order valence-electron chi connectivity index (χ2n) is 3.55. The molecule has 1 rings (SSSR count). The van der Waals surface area contributed by atoms with Crippen LogP contribution in [0.2, 0.25) is 0 Å². The van der Waals surface area contributed by atoms with Gasteiger partial charge in [-0.2, -0.15) is 13.2 Å². The van der Waals surface area contributed by atoms with Crippen molar-refractivity contribution in [3.8, 4) is 0 Å². The Hall–Kier alpha value is -0.750. The van der Waals surface area contributed by atoms with Gasteiger partial charge in [0.15, 0.2) is 0 Å². The van der Waals surface area contributed by atoms with Crippen molar-refractivity contribution in [2.75, 3.05) is 12.3 Å². The quantitative estimate of drug-likeness (QED) is 0.763. The normalized spacial score (nSPS) is 11.9. The van der Waals surface area contributed by atoms with Crippen molar-refractivity contribution in [2.24, 2.45) is 0 Å². The van der Waals surface area contributed by atoms with E-state index < -0.39 is 12.6 Å². The molecule has 0 unspecified atom stereocenters. The molecule has 0 bridgehead atoms. The summed E-state index contributed by atoms with van der Waals surface area (Å²) >= 11 is 1.55. The molecule has 6 heteroatoms. The maximum Gasteiger partial charge on any atom is 0.389 e. The molecule has 0 aromatic carbocycles. The molecule has 0 radical (unpaired) electrons. The first-order valence-corrected chi connectivity index (χ1v) is 5.96. The minimum absolute atomic E-state index is 0.177. The number of rotatable bonds is 6. The monoisotopic (exact) mass is 252 g/mol. The van der Waals surface area contributed by atoms with Gasteiger partial charge in [-0.05, 0) is 30.8 Å². The molecule has 0 aliphatic heterocycles. The summed E-state index contributed by atoms with van der Waals surface area (Å²) in [5, 5.41) is 4.98. The molecule has 0 fully saturated rings. The highest BCUT2D eigenvalue weighted by molar-refractivity contribution is 7.10. The second kappa shape index (κ2) is 6.10. The smallest absolute Gasteiger partial charge is 0.389 e. The minimum Gasteiger partial charge on any atom is -0.398 e. The third-order valence-electron chi connectivity index (χ3n) is 2.13. The van der Waals surface area contributed by atoms with E-state index in [-0.39, 0.29) is 6.42 Å². The Morgan fingerprint density at radius 1 is 1.31 bits per heavy atom. The molecule has 16 heavy (non-hydrogen) atoms. The number of thiophene rings is 1. The summed E-state index contributed by atoms with van der Waals surface area (Å²) in [6, 6.07) is 1.82. The van der Waals surface area contributed by atoms with Crippen LogP contribution < -0.4 is 11.1 Å². The number of hydrogen-bond acceptors (Lipinski definition) is 3. The Kier molecular flexibility index (Phi) is 5.08. The Bertz CT molecular complexity index is 309. The van der Waals surface area contributed by atoms with Gasteiger partial charge in [-0.25, -0.2) is 0 Å². The molecule has 0 atom stereocenters. The van der Waals surface area contributed by atoms with Gasteiger partial charge in [-0.15, -0.1) is 11.3 Å². The molecule has 1 aromatic heterocycles. The summed E-state index contributed by atoms with van der Waals surface area (Å²) in [4.78, 5) is 1.04. The van der Waals surface area contributed by atoms with E-state index in [1.54, 1.807) is 11.3 Å². The van der Waals surface area contributed by atoms with E-state index >= 15 is 0 Å². The molecule has 0 saturated carbocycles. The SMILES string of the molecule is Nc1ccsc1CNCCCCC(F)(F)F. The molecule has 0 amide bonds. The number of hydrogen-bond donors (Lipinski definition) is 2. The zero-order valence-corrected chi connectivity index (χ0v) is 9.63. The average molecular weight is 252 g/mol. The lowest BCUT2D eigenvalue weighted by atomic mass is 10.2. The topological polar surface area (TPSA) is 38.0 Å². The molecular formula is C10H15F3N2S. The number of nitrogens with one attached hydrogen (secondary N) is 1. The van der Waals surface area contributed by atoms with Crippen LogP contribution in [0.25, 0.3) is 0 Å². The van der Waals surface area contributed by atoms with Gasteiger partial charge in [-0.1, -0.05) is 0 Å². The molecule has 3 N–H and O–H groups in total. The highest BCUT2D eigenvalue weighted by Gasteiger charge is 2.25. The summed E-state index contributed by atoms with van der Waals surface area (Å²) in [5.41, 5.74) is 6.40. The van der Waals surface area contributed by atoms with Gasteiger partial charge in [0.2, 0.25) is 0 Å². The van der Waals surface area contributed by atoms with Crippen LogP contribution in [-0.2, 0) is 6.54 Å². The molecule has 2 nitrogen and oxygen atoms in total. The number of halogens is 3. The predicted molar refractivity (Wildman–Crippen MR) is 60.3 cm³/mol. The number of unbranched alkanes of at least 4 members (excludes halogenated alkanes) is 1. The summed E-state index contributed by atoms with van der Waals surface area (Å²) < 4.78 is 35.4. The van der Waals surface area contributed by atoms with Crippen molar-refractivity contribution in [1.82, 2.24) is 5.32 Å². The molecule has 92 valence electrons. The first-order chi connectivity index (χ1) is 7.49. The van der Waals surface area contributed by atoms with E-state index in [0.29, 0.717) is 19.5 Å². The van der Waals surface area contributed by atoms with Crippen LogP contribution in [0.1, 0.15) is 24.1 Å². The zero-order valence-electron chi connectivity index (χ0n) is 8.81. The molecule has 1 aromatic rings. The van der Waals surface area contributed by atoms with Crippen molar-refractivity contribution in [3.05, 3.63) is 16.3 Å². The lowest BCUT2D eigenvalue weighted by Gasteiger charge is -2.06. The number of nitrogens with two attached hydrogens (primary N) is 1. The van der Waals surface area contributed by atoms with Crippen LogP contribution in [0, 0.1) is 0 Å². The summed E-state index contributed by atoms with van der Waals surface area (Å²) in [6.45, 7) is 1.23. The lowest BCUT2D eigenvalue weighted by molar-refractivity contribution is -0.135. The number of anilines is 1. The number of alkyl halides is 3. The third-order valence-corrected chi connectivity index (χ3v) is 3.07.